The van der Waals surface area contributed by atoms with E-state index >= 15 is 0 Å². The number of carbonyl (C=O) groups excluding carboxylic acids is 2. The topological polar surface area (TPSA) is 94.3 Å². The van der Waals surface area contributed by atoms with E-state index in [0.717, 1.165) is 18.9 Å². The zero-order valence-corrected chi connectivity index (χ0v) is 10.5. The van der Waals surface area contributed by atoms with Gasteiger partial charge in [0.25, 0.3) is 0 Å². The first-order valence-electron chi connectivity index (χ1n) is 6.17. The van der Waals surface area contributed by atoms with Crippen molar-refractivity contribution in [3.63, 3.8) is 0 Å². The van der Waals surface area contributed by atoms with E-state index in [0.29, 0.717) is 12.5 Å². The summed E-state index contributed by atoms with van der Waals surface area (Å²) < 4.78 is 15.7. The molecule has 2 aliphatic rings. The lowest BCUT2D eigenvalue weighted by atomic mass is 9.81. The molecule has 1 saturated carbocycles. The number of hydrogen-bond donors (Lipinski definition) is 0. The fourth-order valence-electron chi connectivity index (χ4n) is 2.54. The number of rotatable bonds is 4. The maximum absolute atomic E-state index is 9.63. The summed E-state index contributed by atoms with van der Waals surface area (Å²) in [4.78, 5) is 18.7. The van der Waals surface area contributed by atoms with Gasteiger partial charge in [0.2, 0.25) is 6.10 Å². The summed E-state index contributed by atoms with van der Waals surface area (Å²) in [5.41, 5.74) is 0. The fourth-order valence-corrected chi connectivity index (χ4v) is 2.54. The molecule has 1 heterocycles. The van der Waals surface area contributed by atoms with Crippen LogP contribution in [-0.4, -0.2) is 46.9 Å². The summed E-state index contributed by atoms with van der Waals surface area (Å²) in [6.45, 7) is 3.64. The molecule has 1 aliphatic carbocycles. The zero-order chi connectivity index (χ0) is 13.8. The van der Waals surface area contributed by atoms with E-state index in [1.807, 2.05) is 0 Å². The predicted octanol–water partition coefficient (Wildman–Crippen LogP) is 0.528. The Morgan fingerprint density at radius 2 is 2.26 bits per heavy atom. The van der Waals surface area contributed by atoms with Gasteiger partial charge in [-0.1, -0.05) is 6.58 Å². The molecule has 2 fully saturated rings. The number of hydrogen-bond acceptors (Lipinski definition) is 4. The van der Waals surface area contributed by atoms with E-state index in [1.165, 1.54) is 0 Å². The smallest absolute Gasteiger partial charge is 0.371 e. The summed E-state index contributed by atoms with van der Waals surface area (Å²) in [6.07, 6.45) is 2.02. The summed E-state index contributed by atoms with van der Waals surface area (Å²) >= 11 is 0. The predicted molar refractivity (Wildman–Crippen MR) is 66.5 cm³/mol. The molecule has 0 aromatic rings. The minimum Gasteiger partial charge on any atom is -0.371 e. The highest BCUT2D eigenvalue weighted by atomic mass is 16.6. The molecule has 2 N–H and O–H groups in total. The van der Waals surface area contributed by atoms with E-state index < -0.39 is 12.1 Å². The fraction of sp³-hybridized carbons (Fsp3) is 0.615. The third-order valence-corrected chi connectivity index (χ3v) is 3.42. The highest BCUT2D eigenvalue weighted by Crippen LogP contribution is 2.38. The van der Waals surface area contributed by atoms with Crippen LogP contribution in [0.15, 0.2) is 12.7 Å². The standard InChI is InChI=1S/C13H15NO5/c1-2-11(15)18-7-12(16)19-13-9(5-14)3-8-4-10(13)17-6-8/h2,8-10,13H,1,3-4,6-7H2/p+2. The molecule has 0 radical (unpaired) electrons. The van der Waals surface area contributed by atoms with Crippen LogP contribution < -0.4 is 0 Å². The van der Waals surface area contributed by atoms with Gasteiger partial charge in [-0.25, -0.2) is 0 Å². The molecule has 0 amide bonds. The Morgan fingerprint density at radius 1 is 1.47 bits per heavy atom. The Labute approximate surface area is 110 Å². The number of ether oxygens (including phenoxy) is 3. The van der Waals surface area contributed by atoms with Gasteiger partial charge < -0.3 is 19.1 Å². The van der Waals surface area contributed by atoms with E-state index in [1.54, 1.807) is 0 Å². The zero-order valence-electron chi connectivity index (χ0n) is 10.5. The molecular weight excluding hydrogens is 250 g/mol. The molecule has 0 aromatic heterocycles. The highest BCUT2D eigenvalue weighted by Gasteiger charge is 2.49. The first-order chi connectivity index (χ1) is 9.13. The summed E-state index contributed by atoms with van der Waals surface area (Å²) in [5.74, 6) is -0.670. The van der Waals surface area contributed by atoms with Gasteiger partial charge in [-0.15, -0.1) is 0 Å². The Balaban J connectivity index is 1.89. The van der Waals surface area contributed by atoms with Gasteiger partial charge in [-0.05, 0) is 18.8 Å². The molecule has 4 unspecified atom stereocenters. The van der Waals surface area contributed by atoms with Gasteiger partial charge in [-0.3, -0.25) is 4.74 Å². The highest BCUT2D eigenvalue weighted by molar-refractivity contribution is 5.84. The molecule has 19 heavy (non-hydrogen) atoms. The van der Waals surface area contributed by atoms with Gasteiger partial charge in [-0.2, -0.15) is 5.26 Å². The van der Waals surface area contributed by atoms with Crippen LogP contribution in [0.1, 0.15) is 12.8 Å². The second-order valence-corrected chi connectivity index (χ2v) is 4.75. The third kappa shape index (κ3) is 3.12. The van der Waals surface area contributed by atoms with E-state index in [-0.39, 0.29) is 24.6 Å². The van der Waals surface area contributed by atoms with E-state index in [2.05, 4.69) is 12.6 Å². The van der Waals surface area contributed by atoms with Gasteiger partial charge in [0.15, 0.2) is 0 Å². The van der Waals surface area contributed by atoms with Crippen molar-refractivity contribution in [3.8, 4) is 6.07 Å². The van der Waals surface area contributed by atoms with Crippen LogP contribution in [0, 0.1) is 23.2 Å². The van der Waals surface area contributed by atoms with Crippen molar-refractivity contribution in [2.75, 3.05) is 13.2 Å². The SMILES string of the molecule is C=CC(=[OH+])OCC(=[OH+])OC1C(C#N)CC2COC1C2. The van der Waals surface area contributed by atoms with Crippen LogP contribution in [0.25, 0.3) is 0 Å². The molecule has 2 rings (SSSR count). The van der Waals surface area contributed by atoms with Gasteiger partial charge in [0, 0.05) is 0 Å². The average molecular weight is 267 g/mol. The lowest BCUT2D eigenvalue weighted by Crippen LogP contribution is -2.41. The van der Waals surface area contributed by atoms with Gasteiger partial charge in [0.05, 0.1) is 18.8 Å². The molecule has 0 aromatic carbocycles. The summed E-state index contributed by atoms with van der Waals surface area (Å²) in [6, 6.07) is 2.20. The minimum atomic E-state index is -0.488. The lowest BCUT2D eigenvalue weighted by Gasteiger charge is -2.25. The number of fused-ring (bicyclic) bond motifs is 2. The molecule has 4 atom stereocenters. The third-order valence-electron chi connectivity index (χ3n) is 3.42. The molecule has 6 nitrogen and oxygen atoms in total. The van der Waals surface area contributed by atoms with Gasteiger partial charge >= 0.3 is 18.5 Å². The van der Waals surface area contributed by atoms with Crippen LogP contribution in [-0.2, 0) is 14.2 Å². The van der Waals surface area contributed by atoms with Gasteiger partial charge in [0.1, 0.15) is 12.0 Å². The molecule has 6 heteroatoms. The molecule has 102 valence electrons. The van der Waals surface area contributed by atoms with Crippen LogP contribution in [0.4, 0.5) is 0 Å². The van der Waals surface area contributed by atoms with Crippen molar-refractivity contribution in [1.29, 1.82) is 5.26 Å². The molecule has 2 bridgehead atoms. The molecule has 1 saturated heterocycles. The second-order valence-electron chi connectivity index (χ2n) is 4.75. The Bertz CT molecular complexity index is 427. The van der Waals surface area contributed by atoms with Crippen molar-refractivity contribution in [2.24, 2.45) is 11.8 Å². The Morgan fingerprint density at radius 3 is 2.95 bits per heavy atom. The van der Waals surface area contributed by atoms with Crippen LogP contribution >= 0.6 is 0 Å². The maximum Gasteiger partial charge on any atom is 0.553 e. The van der Waals surface area contributed by atoms with Crippen molar-refractivity contribution in [3.05, 3.63) is 12.7 Å². The maximum atomic E-state index is 9.63. The largest absolute Gasteiger partial charge is 0.553 e. The van der Waals surface area contributed by atoms with Crippen molar-refractivity contribution < 1.29 is 23.8 Å². The quantitative estimate of drug-likeness (QED) is 0.421. The van der Waals surface area contributed by atoms with E-state index in [9.17, 15) is 4.79 Å². The van der Waals surface area contributed by atoms with Crippen molar-refractivity contribution in [2.45, 2.75) is 25.0 Å². The molecule has 0 spiro atoms. The number of nitriles is 1. The second kappa shape index (κ2) is 5.85. The van der Waals surface area contributed by atoms with Crippen LogP contribution in [0.2, 0.25) is 0 Å². The number of nitrogens with zero attached hydrogens (tertiary/aromatic N) is 1. The average Bonchev–Trinajstić information content (AvgIpc) is 2.82. The van der Waals surface area contributed by atoms with Crippen molar-refractivity contribution >= 4 is 11.9 Å². The van der Waals surface area contributed by atoms with Crippen LogP contribution in [0.3, 0.4) is 0 Å². The first kappa shape index (κ1) is 13.6. The van der Waals surface area contributed by atoms with Crippen molar-refractivity contribution in [1.82, 2.24) is 0 Å². The lowest BCUT2D eigenvalue weighted by molar-refractivity contribution is -0.0193. The van der Waals surface area contributed by atoms with Crippen LogP contribution in [0.5, 0.6) is 0 Å². The molecule has 1 aliphatic heterocycles. The monoisotopic (exact) mass is 267 g/mol. The minimum absolute atomic E-state index is 0.164. The summed E-state index contributed by atoms with van der Waals surface area (Å²) in [7, 11) is 0. The summed E-state index contributed by atoms with van der Waals surface area (Å²) in [5, 5.41) is 9.13. The first-order valence-corrected chi connectivity index (χ1v) is 6.17. The van der Waals surface area contributed by atoms with E-state index in [4.69, 9.17) is 24.3 Å². The number of esters is 2. The Hall–Kier alpha value is -1.87. The normalized spacial score (nSPS) is 32.2. The Kier molecular flexibility index (Phi) is 4.17. The molecular formula is C13H17NO5+2.